The number of carbonyl (C=O) groups is 3. The number of Topliss-reactive ketones (excluding diaryl/α,β-unsaturated/α-hetero) is 1. The zero-order chi connectivity index (χ0) is 24.9. The summed E-state index contributed by atoms with van der Waals surface area (Å²) in [6.07, 6.45) is 1.83. The predicted octanol–water partition coefficient (Wildman–Crippen LogP) is 3.65. The number of fused-ring (bicyclic) bond motifs is 2. The summed E-state index contributed by atoms with van der Waals surface area (Å²) in [7, 11) is 0. The molecule has 1 spiro atoms. The fraction of sp³-hybridized carbons (Fsp3) is 0.370. The molecule has 2 fully saturated rings. The molecule has 2 saturated heterocycles. The Morgan fingerprint density at radius 3 is 2.66 bits per heavy atom. The summed E-state index contributed by atoms with van der Waals surface area (Å²) < 4.78 is 20.2. The fourth-order valence-corrected chi connectivity index (χ4v) is 5.44. The minimum Gasteiger partial charge on any atom is -0.507 e. The summed E-state index contributed by atoms with van der Waals surface area (Å²) in [6.45, 7) is 4.46. The Kier molecular flexibility index (Phi) is 5.71. The van der Waals surface area contributed by atoms with Crippen molar-refractivity contribution in [1.29, 1.82) is 0 Å². The minimum atomic E-state index is -1.85. The third-order valence-electron chi connectivity index (χ3n) is 7.11. The maximum atomic E-state index is 14.4. The van der Waals surface area contributed by atoms with Crippen LogP contribution >= 0.6 is 0 Å². The van der Waals surface area contributed by atoms with Gasteiger partial charge in [0.2, 0.25) is 0 Å². The van der Waals surface area contributed by atoms with Gasteiger partial charge in [-0.1, -0.05) is 37.3 Å². The number of hydrogen-bond acceptors (Lipinski definition) is 5. The highest BCUT2D eigenvalue weighted by Gasteiger charge is 2.67. The first kappa shape index (κ1) is 23.2. The van der Waals surface area contributed by atoms with Crippen LogP contribution in [0.15, 0.2) is 48.0 Å². The fourth-order valence-electron chi connectivity index (χ4n) is 5.44. The van der Waals surface area contributed by atoms with Gasteiger partial charge >= 0.3 is 0 Å². The van der Waals surface area contributed by atoms with E-state index in [-0.39, 0.29) is 23.8 Å². The summed E-state index contributed by atoms with van der Waals surface area (Å²) in [5.74, 6) is -3.47. The first-order chi connectivity index (χ1) is 16.8. The van der Waals surface area contributed by atoms with Gasteiger partial charge in [-0.05, 0) is 43.9 Å². The maximum absolute atomic E-state index is 14.4. The average molecular weight is 479 g/mol. The van der Waals surface area contributed by atoms with Crippen LogP contribution in [0.4, 0.5) is 10.1 Å². The summed E-state index contributed by atoms with van der Waals surface area (Å²) in [6, 6.07) is 11.1. The van der Waals surface area contributed by atoms with Crippen LogP contribution in [0.25, 0.3) is 5.76 Å². The van der Waals surface area contributed by atoms with Crippen molar-refractivity contribution in [2.45, 2.75) is 44.8 Å². The number of halogens is 1. The number of hydrogen-bond donors (Lipinski definition) is 1. The summed E-state index contributed by atoms with van der Waals surface area (Å²) in [4.78, 5) is 44.1. The van der Waals surface area contributed by atoms with E-state index in [0.717, 1.165) is 12.5 Å². The number of likely N-dealkylation sites (tertiary alicyclic amines) is 1. The third-order valence-corrected chi connectivity index (χ3v) is 7.11. The van der Waals surface area contributed by atoms with E-state index in [1.807, 2.05) is 6.92 Å². The molecule has 35 heavy (non-hydrogen) atoms. The van der Waals surface area contributed by atoms with Gasteiger partial charge in [0.1, 0.15) is 11.6 Å². The molecular formula is C27H27FN2O5. The lowest BCUT2D eigenvalue weighted by Gasteiger charge is -2.35. The van der Waals surface area contributed by atoms with Crippen LogP contribution in [-0.4, -0.2) is 53.4 Å². The number of para-hydroxylation sites is 1. The molecule has 3 aliphatic heterocycles. The second kappa shape index (κ2) is 8.61. The van der Waals surface area contributed by atoms with Crippen molar-refractivity contribution in [2.24, 2.45) is 0 Å². The van der Waals surface area contributed by atoms with Gasteiger partial charge in [0.25, 0.3) is 17.6 Å². The van der Waals surface area contributed by atoms with E-state index in [1.165, 1.54) is 17.0 Å². The van der Waals surface area contributed by atoms with Crippen LogP contribution in [0.1, 0.15) is 42.9 Å². The van der Waals surface area contributed by atoms with E-state index in [4.69, 9.17) is 4.74 Å². The van der Waals surface area contributed by atoms with Crippen molar-refractivity contribution in [3.05, 3.63) is 70.5 Å². The van der Waals surface area contributed by atoms with Crippen molar-refractivity contribution >= 4 is 29.0 Å². The highest BCUT2D eigenvalue weighted by Crippen LogP contribution is 2.53. The number of aryl methyl sites for hydroxylation is 1. The van der Waals surface area contributed by atoms with Crippen molar-refractivity contribution < 1.29 is 28.6 Å². The highest BCUT2D eigenvalue weighted by atomic mass is 19.1. The van der Waals surface area contributed by atoms with Gasteiger partial charge in [0.15, 0.2) is 5.54 Å². The number of amides is 2. The van der Waals surface area contributed by atoms with Gasteiger partial charge < -0.3 is 19.6 Å². The van der Waals surface area contributed by atoms with Crippen LogP contribution in [0.2, 0.25) is 0 Å². The predicted molar refractivity (Wildman–Crippen MR) is 127 cm³/mol. The molecule has 7 nitrogen and oxygen atoms in total. The van der Waals surface area contributed by atoms with E-state index >= 15 is 0 Å². The average Bonchev–Trinajstić information content (AvgIpc) is 3.51. The summed E-state index contributed by atoms with van der Waals surface area (Å²) >= 11 is 0. The van der Waals surface area contributed by atoms with Gasteiger partial charge in [0.05, 0.1) is 17.4 Å². The number of ether oxygens (including phenoxy) is 1. The standard InChI is InChI=1S/C27H27FN2O5/c1-3-12-29-21-9-5-4-8-19(21)27(26(29)34)22(23(31)17-11-10-16(2)20(28)14-17)24(32)25(33)30(27)15-18-7-6-13-35-18/h4-5,8-11,14,18,31H,3,6-7,12-13,15H2,1-2H3/b23-22-. The Morgan fingerprint density at radius 2 is 1.97 bits per heavy atom. The number of aliphatic hydroxyl groups excluding tert-OH is 1. The zero-order valence-corrected chi connectivity index (χ0v) is 19.7. The molecule has 2 aromatic rings. The Balaban J connectivity index is 1.80. The minimum absolute atomic E-state index is 0.0295. The molecular weight excluding hydrogens is 451 g/mol. The molecule has 2 aromatic carbocycles. The monoisotopic (exact) mass is 478 g/mol. The lowest BCUT2D eigenvalue weighted by Crippen LogP contribution is -2.53. The van der Waals surface area contributed by atoms with Crippen LogP contribution in [0.5, 0.6) is 0 Å². The highest BCUT2D eigenvalue weighted by molar-refractivity contribution is 6.50. The number of benzene rings is 2. The molecule has 2 atom stereocenters. The molecule has 3 aliphatic rings. The number of aliphatic hydroxyl groups is 1. The molecule has 0 saturated carbocycles. The second-order valence-corrected chi connectivity index (χ2v) is 9.25. The molecule has 1 N–H and O–H groups in total. The van der Waals surface area contributed by atoms with E-state index in [9.17, 15) is 23.9 Å². The molecule has 0 bridgehead atoms. The van der Waals surface area contributed by atoms with Gasteiger partial charge in [-0.15, -0.1) is 0 Å². The van der Waals surface area contributed by atoms with E-state index in [1.54, 1.807) is 36.1 Å². The lowest BCUT2D eigenvalue weighted by molar-refractivity contribution is -0.145. The quantitative estimate of drug-likeness (QED) is 0.403. The smallest absolute Gasteiger partial charge is 0.296 e. The van der Waals surface area contributed by atoms with Crippen molar-refractivity contribution in [3.8, 4) is 0 Å². The lowest BCUT2D eigenvalue weighted by atomic mass is 9.81. The van der Waals surface area contributed by atoms with Crippen LogP contribution in [0.3, 0.4) is 0 Å². The van der Waals surface area contributed by atoms with Crippen molar-refractivity contribution in [1.82, 2.24) is 4.90 Å². The van der Waals surface area contributed by atoms with Crippen molar-refractivity contribution in [3.63, 3.8) is 0 Å². The molecule has 2 unspecified atom stereocenters. The van der Waals surface area contributed by atoms with Crippen LogP contribution in [0, 0.1) is 12.7 Å². The van der Waals surface area contributed by atoms with Gasteiger partial charge in [-0.25, -0.2) is 4.39 Å². The molecule has 5 rings (SSSR count). The molecule has 8 heteroatoms. The normalized spacial score (nSPS) is 25.2. The van der Waals surface area contributed by atoms with Gasteiger partial charge in [-0.2, -0.15) is 0 Å². The summed E-state index contributed by atoms with van der Waals surface area (Å²) in [5, 5.41) is 11.4. The van der Waals surface area contributed by atoms with Gasteiger partial charge in [-0.3, -0.25) is 14.4 Å². The van der Waals surface area contributed by atoms with Crippen molar-refractivity contribution in [2.75, 3.05) is 24.6 Å². The number of ketones is 1. The van der Waals surface area contributed by atoms with Gasteiger partial charge in [0, 0.05) is 30.8 Å². The largest absolute Gasteiger partial charge is 0.507 e. The SMILES string of the molecule is CCCN1C(=O)C2(/C(=C(\O)c3ccc(C)c(F)c3)C(=O)C(=O)N2CC2CCCO2)c2ccccc21. The Hall–Kier alpha value is -3.52. The first-order valence-electron chi connectivity index (χ1n) is 11.9. The molecule has 2 amide bonds. The Bertz CT molecular complexity index is 1270. The topological polar surface area (TPSA) is 87.2 Å². The molecule has 0 radical (unpaired) electrons. The molecule has 3 heterocycles. The first-order valence-corrected chi connectivity index (χ1v) is 11.9. The number of carbonyl (C=O) groups excluding carboxylic acids is 3. The van der Waals surface area contributed by atoms with E-state index in [0.29, 0.717) is 42.8 Å². The third kappa shape index (κ3) is 3.31. The Labute approximate surface area is 202 Å². The Morgan fingerprint density at radius 1 is 1.20 bits per heavy atom. The zero-order valence-electron chi connectivity index (χ0n) is 19.7. The number of rotatable bonds is 5. The number of anilines is 1. The van der Waals surface area contributed by atoms with Crippen LogP contribution in [-0.2, 0) is 24.7 Å². The van der Waals surface area contributed by atoms with Crippen LogP contribution < -0.4 is 4.90 Å². The summed E-state index contributed by atoms with van der Waals surface area (Å²) in [5.41, 5.74) is -0.755. The van der Waals surface area contributed by atoms with E-state index < -0.39 is 34.7 Å². The maximum Gasteiger partial charge on any atom is 0.296 e. The second-order valence-electron chi connectivity index (χ2n) is 9.25. The van der Waals surface area contributed by atoms with E-state index in [2.05, 4.69) is 0 Å². The number of nitrogens with zero attached hydrogens (tertiary/aromatic N) is 2. The molecule has 0 aliphatic carbocycles. The molecule has 182 valence electrons. The molecule has 0 aromatic heterocycles.